The van der Waals surface area contributed by atoms with Crippen molar-refractivity contribution in [2.45, 2.75) is 12.8 Å². The molecule has 0 unspecified atom stereocenters. The number of methoxy groups -OCH3 is 1. The molecule has 2 aromatic rings. The molecule has 1 heterocycles. The van der Waals surface area contributed by atoms with Gasteiger partial charge < -0.3 is 10.1 Å². The van der Waals surface area contributed by atoms with Crippen molar-refractivity contribution < 1.29 is 9.53 Å². The third-order valence-corrected chi connectivity index (χ3v) is 2.78. The van der Waals surface area contributed by atoms with Gasteiger partial charge in [-0.2, -0.15) is 0 Å². The molecule has 0 atom stereocenters. The Kier molecular flexibility index (Phi) is 4.50. The molecule has 0 spiro atoms. The Morgan fingerprint density at radius 1 is 1.21 bits per heavy atom. The minimum Gasteiger partial charge on any atom is -0.496 e. The molecule has 0 radical (unpaired) electrons. The summed E-state index contributed by atoms with van der Waals surface area (Å²) in [5.41, 5.74) is 1.80. The zero-order chi connectivity index (χ0) is 13.5. The van der Waals surface area contributed by atoms with Gasteiger partial charge in [-0.15, -0.1) is 0 Å². The lowest BCUT2D eigenvalue weighted by molar-refractivity contribution is -0.116. The molecule has 0 saturated heterocycles. The molecule has 1 aromatic carbocycles. The van der Waals surface area contributed by atoms with Crippen molar-refractivity contribution in [3.05, 3.63) is 54.4 Å². The lowest BCUT2D eigenvalue weighted by atomic mass is 10.1. The molecule has 1 aromatic heterocycles. The summed E-state index contributed by atoms with van der Waals surface area (Å²) in [5, 5.41) is 2.83. The van der Waals surface area contributed by atoms with Crippen molar-refractivity contribution in [3.63, 3.8) is 0 Å². The number of rotatable bonds is 5. The summed E-state index contributed by atoms with van der Waals surface area (Å²) >= 11 is 0. The van der Waals surface area contributed by atoms with Gasteiger partial charge in [-0.3, -0.25) is 9.78 Å². The van der Waals surface area contributed by atoms with Crippen molar-refractivity contribution in [2.75, 3.05) is 12.4 Å². The number of aromatic nitrogens is 1. The SMILES string of the molecule is COc1ccccc1CCC(=O)Nc1ccncc1. The van der Waals surface area contributed by atoms with Gasteiger partial charge in [0.25, 0.3) is 0 Å². The minimum atomic E-state index is -0.0166. The number of anilines is 1. The molecule has 1 amide bonds. The Labute approximate surface area is 112 Å². The van der Waals surface area contributed by atoms with Crippen LogP contribution >= 0.6 is 0 Å². The third kappa shape index (κ3) is 3.81. The Morgan fingerprint density at radius 2 is 1.95 bits per heavy atom. The highest BCUT2D eigenvalue weighted by molar-refractivity contribution is 5.90. The van der Waals surface area contributed by atoms with E-state index in [1.54, 1.807) is 31.6 Å². The lowest BCUT2D eigenvalue weighted by Gasteiger charge is -2.08. The number of pyridine rings is 1. The Hall–Kier alpha value is -2.36. The number of aryl methyl sites for hydroxylation is 1. The van der Waals surface area contributed by atoms with Crippen molar-refractivity contribution >= 4 is 11.6 Å². The van der Waals surface area contributed by atoms with Crippen molar-refractivity contribution in [2.24, 2.45) is 0 Å². The number of benzene rings is 1. The van der Waals surface area contributed by atoms with E-state index in [2.05, 4.69) is 10.3 Å². The zero-order valence-corrected chi connectivity index (χ0v) is 10.8. The topological polar surface area (TPSA) is 51.2 Å². The normalized spacial score (nSPS) is 9.95. The molecule has 1 N–H and O–H groups in total. The standard InChI is InChI=1S/C15H16N2O2/c1-19-14-5-3-2-4-12(14)6-7-15(18)17-13-8-10-16-11-9-13/h2-5,8-11H,6-7H2,1H3,(H,16,17,18). The van der Waals surface area contributed by atoms with Crippen LogP contribution in [0.5, 0.6) is 5.75 Å². The second kappa shape index (κ2) is 6.54. The second-order valence-corrected chi connectivity index (χ2v) is 4.10. The predicted molar refractivity (Wildman–Crippen MR) is 74.2 cm³/mol. The first-order valence-corrected chi connectivity index (χ1v) is 6.11. The monoisotopic (exact) mass is 256 g/mol. The summed E-state index contributed by atoms with van der Waals surface area (Å²) in [7, 11) is 1.63. The van der Waals surface area contributed by atoms with E-state index in [-0.39, 0.29) is 5.91 Å². The van der Waals surface area contributed by atoms with Crippen molar-refractivity contribution in [1.29, 1.82) is 0 Å². The molecule has 0 saturated carbocycles. The maximum Gasteiger partial charge on any atom is 0.224 e. The highest BCUT2D eigenvalue weighted by Crippen LogP contribution is 2.19. The first kappa shape index (κ1) is 13.1. The van der Waals surface area contributed by atoms with Crippen LogP contribution < -0.4 is 10.1 Å². The van der Waals surface area contributed by atoms with E-state index in [1.165, 1.54) is 0 Å². The maximum absolute atomic E-state index is 11.8. The third-order valence-electron chi connectivity index (χ3n) is 2.78. The van der Waals surface area contributed by atoms with Crippen LogP contribution in [-0.4, -0.2) is 18.0 Å². The number of nitrogens with one attached hydrogen (secondary N) is 1. The largest absolute Gasteiger partial charge is 0.496 e. The van der Waals surface area contributed by atoms with E-state index in [9.17, 15) is 4.79 Å². The Morgan fingerprint density at radius 3 is 2.68 bits per heavy atom. The second-order valence-electron chi connectivity index (χ2n) is 4.10. The fourth-order valence-electron chi connectivity index (χ4n) is 1.82. The van der Waals surface area contributed by atoms with Crippen molar-refractivity contribution in [1.82, 2.24) is 4.98 Å². The van der Waals surface area contributed by atoms with Crippen LogP contribution in [0.1, 0.15) is 12.0 Å². The number of amides is 1. The van der Waals surface area contributed by atoms with E-state index < -0.39 is 0 Å². The van der Waals surface area contributed by atoms with E-state index in [4.69, 9.17) is 4.74 Å². The highest BCUT2D eigenvalue weighted by atomic mass is 16.5. The molecular weight excluding hydrogens is 240 g/mol. The number of carbonyl (C=O) groups excluding carboxylic acids is 1. The van der Waals surface area contributed by atoms with Crippen LogP contribution in [0, 0.1) is 0 Å². The van der Waals surface area contributed by atoms with Crippen LogP contribution in [0.15, 0.2) is 48.8 Å². The summed E-state index contributed by atoms with van der Waals surface area (Å²) < 4.78 is 5.26. The van der Waals surface area contributed by atoms with E-state index in [0.717, 1.165) is 17.0 Å². The smallest absolute Gasteiger partial charge is 0.224 e. The summed E-state index contributed by atoms with van der Waals surface area (Å²) in [6.07, 6.45) is 4.37. The van der Waals surface area contributed by atoms with Gasteiger partial charge in [0, 0.05) is 24.5 Å². The number of ether oxygens (including phenoxy) is 1. The quantitative estimate of drug-likeness (QED) is 0.894. The van der Waals surface area contributed by atoms with Crippen LogP contribution in [0.2, 0.25) is 0 Å². The average Bonchev–Trinajstić information content (AvgIpc) is 2.46. The number of para-hydroxylation sites is 1. The van der Waals surface area contributed by atoms with Crippen LogP contribution in [0.25, 0.3) is 0 Å². The minimum absolute atomic E-state index is 0.0166. The first-order valence-electron chi connectivity index (χ1n) is 6.11. The van der Waals surface area contributed by atoms with Gasteiger partial charge in [0.2, 0.25) is 5.91 Å². The molecule has 98 valence electrons. The van der Waals surface area contributed by atoms with Gasteiger partial charge in [0.1, 0.15) is 5.75 Å². The van der Waals surface area contributed by atoms with Gasteiger partial charge in [-0.1, -0.05) is 18.2 Å². The van der Waals surface area contributed by atoms with Crippen molar-refractivity contribution in [3.8, 4) is 5.75 Å². The number of hydrogen-bond acceptors (Lipinski definition) is 3. The predicted octanol–water partition coefficient (Wildman–Crippen LogP) is 2.66. The van der Waals surface area contributed by atoms with E-state index in [0.29, 0.717) is 12.8 Å². The van der Waals surface area contributed by atoms with E-state index in [1.807, 2.05) is 24.3 Å². The fraction of sp³-hybridized carbons (Fsp3) is 0.200. The molecule has 19 heavy (non-hydrogen) atoms. The number of carbonyl (C=O) groups is 1. The molecular formula is C15H16N2O2. The fourth-order valence-corrected chi connectivity index (χ4v) is 1.82. The number of nitrogens with zero attached hydrogens (tertiary/aromatic N) is 1. The molecule has 0 aliphatic carbocycles. The van der Waals surface area contributed by atoms with Crippen LogP contribution in [-0.2, 0) is 11.2 Å². The summed E-state index contributed by atoms with van der Waals surface area (Å²) in [6, 6.07) is 11.3. The summed E-state index contributed by atoms with van der Waals surface area (Å²) in [6.45, 7) is 0. The molecule has 0 fully saturated rings. The van der Waals surface area contributed by atoms with Crippen LogP contribution in [0.3, 0.4) is 0 Å². The average molecular weight is 256 g/mol. The summed E-state index contributed by atoms with van der Waals surface area (Å²) in [4.78, 5) is 15.7. The molecule has 0 aliphatic rings. The Bertz CT molecular complexity index is 541. The summed E-state index contributed by atoms with van der Waals surface area (Å²) in [5.74, 6) is 0.802. The molecule has 0 aliphatic heterocycles. The molecule has 4 nitrogen and oxygen atoms in total. The van der Waals surface area contributed by atoms with Crippen LogP contribution in [0.4, 0.5) is 5.69 Å². The number of hydrogen-bond donors (Lipinski definition) is 1. The molecule has 2 rings (SSSR count). The highest BCUT2D eigenvalue weighted by Gasteiger charge is 2.06. The molecule has 0 bridgehead atoms. The zero-order valence-electron chi connectivity index (χ0n) is 10.8. The van der Waals surface area contributed by atoms with Gasteiger partial charge in [-0.25, -0.2) is 0 Å². The maximum atomic E-state index is 11.8. The molecule has 4 heteroatoms. The van der Waals surface area contributed by atoms with Gasteiger partial charge in [0.15, 0.2) is 0 Å². The van der Waals surface area contributed by atoms with Gasteiger partial charge >= 0.3 is 0 Å². The lowest BCUT2D eigenvalue weighted by Crippen LogP contribution is -2.12. The van der Waals surface area contributed by atoms with E-state index >= 15 is 0 Å². The van der Waals surface area contributed by atoms with Gasteiger partial charge in [0.05, 0.1) is 7.11 Å². The first-order chi connectivity index (χ1) is 9.29. The van der Waals surface area contributed by atoms with Gasteiger partial charge in [-0.05, 0) is 30.2 Å². The Balaban J connectivity index is 1.90.